The van der Waals surface area contributed by atoms with Gasteiger partial charge in [-0.05, 0) is 26.0 Å². The van der Waals surface area contributed by atoms with Gasteiger partial charge < -0.3 is 10.0 Å². The van der Waals surface area contributed by atoms with Gasteiger partial charge in [-0.1, -0.05) is 18.1 Å². The van der Waals surface area contributed by atoms with Crippen LogP contribution in [0.3, 0.4) is 0 Å². The molecule has 1 rings (SSSR count). The summed E-state index contributed by atoms with van der Waals surface area (Å²) in [5.74, 6) is 2.60. The molecule has 4 heteroatoms. The zero-order valence-corrected chi connectivity index (χ0v) is 10.9. The number of amides is 1. The first-order chi connectivity index (χ1) is 8.49. The molecule has 0 fully saturated rings. The van der Waals surface area contributed by atoms with Crippen LogP contribution < -0.4 is 9.80 Å². The fourth-order valence-electron chi connectivity index (χ4n) is 1.74. The topological polar surface area (TPSA) is 43.8 Å². The minimum absolute atomic E-state index is 0.199. The maximum atomic E-state index is 11.1. The second-order valence-electron chi connectivity index (χ2n) is 4.26. The van der Waals surface area contributed by atoms with Crippen LogP contribution >= 0.6 is 0 Å². The number of carboxylic acid groups (broad SMARTS) is 1. The van der Waals surface area contributed by atoms with Crippen LogP contribution in [0.1, 0.15) is 13.8 Å². The van der Waals surface area contributed by atoms with E-state index in [1.165, 1.54) is 11.9 Å². The molecule has 0 unspecified atom stereocenters. The lowest BCUT2D eigenvalue weighted by molar-refractivity contribution is 0.203. The zero-order valence-electron chi connectivity index (χ0n) is 10.9. The Balaban J connectivity index is 3.22. The van der Waals surface area contributed by atoms with Crippen LogP contribution in [-0.2, 0) is 0 Å². The fraction of sp³-hybridized carbons (Fsp3) is 0.357. The number of terminal acetylenes is 1. The Labute approximate surface area is 108 Å². The molecule has 4 nitrogen and oxygen atoms in total. The molecule has 0 aliphatic heterocycles. The number of rotatable bonds is 4. The molecule has 0 bridgehead atoms. The van der Waals surface area contributed by atoms with Gasteiger partial charge in [-0.3, -0.25) is 4.90 Å². The minimum atomic E-state index is -0.994. The van der Waals surface area contributed by atoms with E-state index in [-0.39, 0.29) is 6.04 Å². The number of nitrogens with zero attached hydrogens (tertiary/aromatic N) is 2. The van der Waals surface area contributed by atoms with Crippen molar-refractivity contribution in [3.05, 3.63) is 24.3 Å². The molecule has 1 aromatic carbocycles. The summed E-state index contributed by atoms with van der Waals surface area (Å²) in [6.07, 6.45) is 4.38. The van der Waals surface area contributed by atoms with Crippen molar-refractivity contribution in [3.63, 3.8) is 0 Å². The molecular formula is C14H18N2O2. The monoisotopic (exact) mass is 246 g/mol. The summed E-state index contributed by atoms with van der Waals surface area (Å²) in [6, 6.07) is 7.54. The summed E-state index contributed by atoms with van der Waals surface area (Å²) >= 11 is 0. The second-order valence-corrected chi connectivity index (χ2v) is 4.26. The molecule has 96 valence electrons. The van der Waals surface area contributed by atoms with Crippen LogP contribution in [0.15, 0.2) is 24.3 Å². The van der Waals surface area contributed by atoms with Crippen molar-refractivity contribution >= 4 is 17.5 Å². The number of hydrogen-bond donors (Lipinski definition) is 1. The van der Waals surface area contributed by atoms with Crippen LogP contribution in [0.5, 0.6) is 0 Å². The van der Waals surface area contributed by atoms with Gasteiger partial charge in [0.05, 0.1) is 17.9 Å². The molecule has 1 amide bonds. The molecule has 1 N–H and O–H groups in total. The van der Waals surface area contributed by atoms with Crippen molar-refractivity contribution in [1.29, 1.82) is 0 Å². The highest BCUT2D eigenvalue weighted by molar-refractivity contribution is 5.90. The smallest absolute Gasteiger partial charge is 0.411 e. The van der Waals surface area contributed by atoms with E-state index in [2.05, 4.69) is 5.92 Å². The Hall–Kier alpha value is -2.15. The van der Waals surface area contributed by atoms with Gasteiger partial charge in [0.25, 0.3) is 0 Å². The summed E-state index contributed by atoms with van der Waals surface area (Å²) in [7, 11) is 1.52. The quantitative estimate of drug-likeness (QED) is 0.831. The van der Waals surface area contributed by atoms with E-state index >= 15 is 0 Å². The molecule has 1 aromatic rings. The van der Waals surface area contributed by atoms with E-state index in [4.69, 9.17) is 11.5 Å². The van der Waals surface area contributed by atoms with Crippen LogP contribution in [0.2, 0.25) is 0 Å². The van der Waals surface area contributed by atoms with Crippen molar-refractivity contribution in [1.82, 2.24) is 0 Å². The van der Waals surface area contributed by atoms with Crippen LogP contribution in [0.4, 0.5) is 16.2 Å². The Morgan fingerprint density at radius 2 is 1.94 bits per heavy atom. The number of para-hydroxylation sites is 2. The Morgan fingerprint density at radius 3 is 2.39 bits per heavy atom. The van der Waals surface area contributed by atoms with Crippen molar-refractivity contribution in [3.8, 4) is 12.3 Å². The van der Waals surface area contributed by atoms with Crippen LogP contribution in [-0.4, -0.2) is 30.8 Å². The van der Waals surface area contributed by atoms with Gasteiger partial charge in [0, 0.05) is 13.1 Å². The SMILES string of the molecule is C#CCN(c1ccccc1N(C)C(=O)O)C(C)C. The molecule has 0 heterocycles. The third-order valence-corrected chi connectivity index (χ3v) is 2.72. The first-order valence-electron chi connectivity index (χ1n) is 5.74. The average molecular weight is 246 g/mol. The Kier molecular flexibility index (Phi) is 4.61. The fourth-order valence-corrected chi connectivity index (χ4v) is 1.74. The lowest BCUT2D eigenvalue weighted by atomic mass is 10.2. The number of carbonyl (C=O) groups is 1. The Bertz CT molecular complexity index is 463. The number of benzene rings is 1. The Morgan fingerprint density at radius 1 is 1.39 bits per heavy atom. The summed E-state index contributed by atoms with van der Waals surface area (Å²) in [6.45, 7) is 4.49. The number of anilines is 2. The van der Waals surface area contributed by atoms with Gasteiger partial charge in [-0.15, -0.1) is 6.42 Å². The van der Waals surface area contributed by atoms with E-state index < -0.39 is 6.09 Å². The standard InChI is InChI=1S/C14H18N2O2/c1-5-10-16(11(2)3)13-9-7-6-8-12(13)15(4)14(17)18/h1,6-9,11H,10H2,2-4H3,(H,17,18). The third-order valence-electron chi connectivity index (χ3n) is 2.72. The molecule has 18 heavy (non-hydrogen) atoms. The summed E-state index contributed by atoms with van der Waals surface area (Å²) < 4.78 is 0. The highest BCUT2D eigenvalue weighted by Gasteiger charge is 2.18. The largest absolute Gasteiger partial charge is 0.465 e. The van der Waals surface area contributed by atoms with Crippen molar-refractivity contribution in [2.45, 2.75) is 19.9 Å². The van der Waals surface area contributed by atoms with E-state index in [1.807, 2.05) is 36.9 Å². The predicted molar refractivity (Wildman–Crippen MR) is 74.2 cm³/mol. The molecule has 0 spiro atoms. The van der Waals surface area contributed by atoms with Gasteiger partial charge >= 0.3 is 6.09 Å². The van der Waals surface area contributed by atoms with E-state index in [9.17, 15) is 4.79 Å². The van der Waals surface area contributed by atoms with Gasteiger partial charge in [0.2, 0.25) is 0 Å². The van der Waals surface area contributed by atoms with Crippen molar-refractivity contribution in [2.24, 2.45) is 0 Å². The van der Waals surface area contributed by atoms with E-state index in [0.717, 1.165) is 5.69 Å². The lowest BCUT2D eigenvalue weighted by Crippen LogP contribution is -2.34. The van der Waals surface area contributed by atoms with Gasteiger partial charge in [0.1, 0.15) is 0 Å². The normalized spacial score (nSPS) is 9.94. The van der Waals surface area contributed by atoms with E-state index in [1.54, 1.807) is 6.07 Å². The van der Waals surface area contributed by atoms with Gasteiger partial charge in [-0.2, -0.15) is 0 Å². The van der Waals surface area contributed by atoms with Crippen LogP contribution in [0, 0.1) is 12.3 Å². The zero-order chi connectivity index (χ0) is 13.7. The predicted octanol–water partition coefficient (Wildman–Crippen LogP) is 2.65. The van der Waals surface area contributed by atoms with Crippen LogP contribution in [0.25, 0.3) is 0 Å². The number of hydrogen-bond acceptors (Lipinski definition) is 2. The lowest BCUT2D eigenvalue weighted by Gasteiger charge is -2.30. The van der Waals surface area contributed by atoms with Gasteiger partial charge in [-0.25, -0.2) is 4.79 Å². The molecule has 0 radical (unpaired) electrons. The molecule has 0 saturated heterocycles. The minimum Gasteiger partial charge on any atom is -0.465 e. The van der Waals surface area contributed by atoms with Crippen molar-refractivity contribution in [2.75, 3.05) is 23.4 Å². The molecular weight excluding hydrogens is 228 g/mol. The molecule has 0 saturated carbocycles. The highest BCUT2D eigenvalue weighted by atomic mass is 16.4. The summed E-state index contributed by atoms with van der Waals surface area (Å²) in [5, 5.41) is 9.08. The molecule has 0 atom stereocenters. The molecule has 0 aliphatic rings. The maximum absolute atomic E-state index is 11.1. The average Bonchev–Trinajstić information content (AvgIpc) is 2.34. The summed E-state index contributed by atoms with van der Waals surface area (Å²) in [5.41, 5.74) is 1.46. The molecule has 0 aliphatic carbocycles. The highest BCUT2D eigenvalue weighted by Crippen LogP contribution is 2.29. The first-order valence-corrected chi connectivity index (χ1v) is 5.74. The summed E-state index contributed by atoms with van der Waals surface area (Å²) in [4.78, 5) is 14.3. The van der Waals surface area contributed by atoms with Gasteiger partial charge in [0.15, 0.2) is 0 Å². The van der Waals surface area contributed by atoms with Crippen molar-refractivity contribution < 1.29 is 9.90 Å². The first kappa shape index (κ1) is 13.9. The second kappa shape index (κ2) is 5.97. The maximum Gasteiger partial charge on any atom is 0.411 e. The third kappa shape index (κ3) is 2.95. The van der Waals surface area contributed by atoms with E-state index in [0.29, 0.717) is 12.2 Å². The molecule has 0 aromatic heterocycles.